The lowest BCUT2D eigenvalue weighted by atomic mass is 10.1. The summed E-state index contributed by atoms with van der Waals surface area (Å²) in [5.74, 6) is 0. The summed E-state index contributed by atoms with van der Waals surface area (Å²) in [6.45, 7) is 3.79. The highest BCUT2D eigenvalue weighted by Gasteiger charge is 2.15. The van der Waals surface area contributed by atoms with Crippen LogP contribution in [0.3, 0.4) is 0 Å². The van der Waals surface area contributed by atoms with E-state index in [1.165, 1.54) is 12.1 Å². The van der Waals surface area contributed by atoms with Crippen molar-refractivity contribution >= 4 is 31.6 Å². The van der Waals surface area contributed by atoms with Gasteiger partial charge in [-0.15, -0.1) is 0 Å². The molecule has 2 rings (SSSR count). The average Bonchev–Trinajstić information content (AvgIpc) is 2.44. The molecule has 0 aliphatic heterocycles. The van der Waals surface area contributed by atoms with Gasteiger partial charge in [0.05, 0.1) is 16.5 Å². The zero-order valence-corrected chi connectivity index (χ0v) is 13.9. The fourth-order valence-electron chi connectivity index (χ4n) is 1.95. The molecule has 0 unspecified atom stereocenters. The molecule has 0 saturated carbocycles. The Morgan fingerprint density at radius 3 is 2.33 bits per heavy atom. The van der Waals surface area contributed by atoms with Crippen molar-refractivity contribution in [3.63, 3.8) is 0 Å². The van der Waals surface area contributed by atoms with Gasteiger partial charge in [0.2, 0.25) is 0 Å². The van der Waals surface area contributed by atoms with E-state index in [0.717, 1.165) is 15.6 Å². The lowest BCUT2D eigenvalue weighted by molar-refractivity contribution is 0.601. The van der Waals surface area contributed by atoms with Gasteiger partial charge in [0.15, 0.2) is 0 Å². The van der Waals surface area contributed by atoms with Gasteiger partial charge < -0.3 is 0 Å². The van der Waals surface area contributed by atoms with E-state index in [1.807, 2.05) is 19.9 Å². The van der Waals surface area contributed by atoms with Gasteiger partial charge in [-0.05, 0) is 55.3 Å². The van der Waals surface area contributed by atoms with Gasteiger partial charge in [0.1, 0.15) is 0 Å². The summed E-state index contributed by atoms with van der Waals surface area (Å²) in [6.07, 6.45) is 0. The highest BCUT2D eigenvalue weighted by atomic mass is 79.9. The molecule has 2 aromatic rings. The van der Waals surface area contributed by atoms with Crippen LogP contribution < -0.4 is 4.72 Å². The first-order valence-electron chi connectivity index (χ1n) is 6.13. The molecule has 0 saturated heterocycles. The molecular weight excluding hydrogens is 352 g/mol. The number of nitrogens with zero attached hydrogens (tertiary/aromatic N) is 1. The molecular formula is C15H13BrN2O2S. The zero-order chi connectivity index (χ0) is 15.6. The summed E-state index contributed by atoms with van der Waals surface area (Å²) in [7, 11) is -3.71. The van der Waals surface area contributed by atoms with Gasteiger partial charge in [-0.25, -0.2) is 8.42 Å². The Kier molecular flexibility index (Phi) is 4.35. The maximum Gasteiger partial charge on any atom is 0.261 e. The summed E-state index contributed by atoms with van der Waals surface area (Å²) in [6, 6.07) is 11.4. The third-order valence-corrected chi connectivity index (χ3v) is 5.59. The van der Waals surface area contributed by atoms with Gasteiger partial charge in [0, 0.05) is 10.2 Å². The maximum absolute atomic E-state index is 12.3. The molecule has 0 heterocycles. The van der Waals surface area contributed by atoms with E-state index in [9.17, 15) is 8.42 Å². The van der Waals surface area contributed by atoms with Crippen molar-refractivity contribution in [1.82, 2.24) is 0 Å². The van der Waals surface area contributed by atoms with Crippen molar-refractivity contribution in [1.29, 1.82) is 5.26 Å². The molecule has 6 heteroatoms. The molecule has 108 valence electrons. The molecule has 0 radical (unpaired) electrons. The van der Waals surface area contributed by atoms with E-state index < -0.39 is 10.0 Å². The monoisotopic (exact) mass is 364 g/mol. The number of nitrogens with one attached hydrogen (secondary N) is 1. The van der Waals surface area contributed by atoms with Crippen LogP contribution in [0.1, 0.15) is 16.7 Å². The number of halogens is 1. The van der Waals surface area contributed by atoms with Gasteiger partial charge in [-0.3, -0.25) is 4.72 Å². The molecule has 4 nitrogen and oxygen atoms in total. The summed E-state index contributed by atoms with van der Waals surface area (Å²) >= 11 is 3.44. The highest BCUT2D eigenvalue weighted by molar-refractivity contribution is 9.10. The minimum absolute atomic E-state index is 0.0692. The number of benzene rings is 2. The molecule has 0 spiro atoms. The van der Waals surface area contributed by atoms with Crippen molar-refractivity contribution in [2.45, 2.75) is 18.7 Å². The maximum atomic E-state index is 12.3. The Morgan fingerprint density at radius 1 is 1.14 bits per heavy atom. The Morgan fingerprint density at radius 2 is 1.76 bits per heavy atom. The van der Waals surface area contributed by atoms with Gasteiger partial charge in [0.25, 0.3) is 10.0 Å². The Labute approximate surface area is 132 Å². The molecule has 0 atom stereocenters. The second-order valence-corrected chi connectivity index (χ2v) is 7.14. The minimum Gasteiger partial charge on any atom is -0.280 e. The second kappa shape index (κ2) is 5.88. The molecule has 0 bridgehead atoms. The standard InChI is InChI=1S/C15H13BrN2O2S/c1-10-6-13(7-11(2)15(10)16)18-21(19,20)14-5-3-4-12(8-14)9-17/h3-8,18H,1-2H3. The quantitative estimate of drug-likeness (QED) is 0.901. The Bertz CT molecular complexity index is 816. The van der Waals surface area contributed by atoms with Crippen molar-refractivity contribution < 1.29 is 8.42 Å². The lowest BCUT2D eigenvalue weighted by Crippen LogP contribution is -2.13. The number of hydrogen-bond donors (Lipinski definition) is 1. The first kappa shape index (κ1) is 15.5. The molecule has 0 aromatic heterocycles. The van der Waals surface area contributed by atoms with Crippen LogP contribution in [0.5, 0.6) is 0 Å². The SMILES string of the molecule is Cc1cc(NS(=O)(=O)c2cccc(C#N)c2)cc(C)c1Br. The Hall–Kier alpha value is -1.84. The summed E-state index contributed by atoms with van der Waals surface area (Å²) in [5.41, 5.74) is 2.69. The summed E-state index contributed by atoms with van der Waals surface area (Å²) in [5, 5.41) is 8.85. The molecule has 0 amide bonds. The van der Waals surface area contributed by atoms with E-state index in [4.69, 9.17) is 5.26 Å². The fourth-order valence-corrected chi connectivity index (χ4v) is 3.27. The predicted octanol–water partition coefficient (Wildman–Crippen LogP) is 3.74. The molecule has 0 fully saturated rings. The van der Waals surface area contributed by atoms with E-state index in [0.29, 0.717) is 11.3 Å². The summed E-state index contributed by atoms with van der Waals surface area (Å²) < 4.78 is 28.2. The second-order valence-electron chi connectivity index (χ2n) is 4.67. The minimum atomic E-state index is -3.71. The number of hydrogen-bond acceptors (Lipinski definition) is 3. The average molecular weight is 365 g/mol. The van der Waals surface area contributed by atoms with E-state index in [-0.39, 0.29) is 4.90 Å². The number of anilines is 1. The Balaban J connectivity index is 2.40. The van der Waals surface area contributed by atoms with E-state index >= 15 is 0 Å². The van der Waals surface area contributed by atoms with Crippen LogP contribution in [-0.2, 0) is 10.0 Å². The van der Waals surface area contributed by atoms with Crippen molar-refractivity contribution in [3.8, 4) is 6.07 Å². The molecule has 0 aliphatic rings. The molecule has 0 aliphatic carbocycles. The molecule has 21 heavy (non-hydrogen) atoms. The van der Waals surface area contributed by atoms with Crippen LogP contribution in [0.25, 0.3) is 0 Å². The highest BCUT2D eigenvalue weighted by Crippen LogP contribution is 2.26. The van der Waals surface area contributed by atoms with Crippen LogP contribution >= 0.6 is 15.9 Å². The van der Waals surface area contributed by atoms with E-state index in [1.54, 1.807) is 24.3 Å². The third-order valence-electron chi connectivity index (χ3n) is 2.96. The van der Waals surface area contributed by atoms with Gasteiger partial charge in [-0.2, -0.15) is 5.26 Å². The van der Waals surface area contributed by atoms with Crippen LogP contribution in [0.4, 0.5) is 5.69 Å². The van der Waals surface area contributed by atoms with Crippen LogP contribution in [0, 0.1) is 25.2 Å². The van der Waals surface area contributed by atoms with E-state index in [2.05, 4.69) is 20.7 Å². The van der Waals surface area contributed by atoms with Crippen molar-refractivity contribution in [2.24, 2.45) is 0 Å². The number of rotatable bonds is 3. The predicted molar refractivity (Wildman–Crippen MR) is 85.6 cm³/mol. The van der Waals surface area contributed by atoms with Crippen LogP contribution in [0.15, 0.2) is 45.8 Å². The zero-order valence-electron chi connectivity index (χ0n) is 11.5. The number of aryl methyl sites for hydroxylation is 2. The first-order chi connectivity index (χ1) is 9.83. The van der Waals surface area contributed by atoms with Crippen molar-refractivity contribution in [3.05, 3.63) is 57.6 Å². The molecule has 2 aromatic carbocycles. The number of nitriles is 1. The smallest absolute Gasteiger partial charge is 0.261 e. The topological polar surface area (TPSA) is 70.0 Å². The van der Waals surface area contributed by atoms with Crippen molar-refractivity contribution in [2.75, 3.05) is 4.72 Å². The molecule has 1 N–H and O–H groups in total. The third kappa shape index (κ3) is 3.43. The summed E-state index contributed by atoms with van der Waals surface area (Å²) in [4.78, 5) is 0.0692. The van der Waals surface area contributed by atoms with Crippen LogP contribution in [-0.4, -0.2) is 8.42 Å². The van der Waals surface area contributed by atoms with Gasteiger partial charge >= 0.3 is 0 Å². The van der Waals surface area contributed by atoms with Gasteiger partial charge in [-0.1, -0.05) is 22.0 Å². The normalized spacial score (nSPS) is 11.0. The number of sulfonamides is 1. The fraction of sp³-hybridized carbons (Fsp3) is 0.133. The van der Waals surface area contributed by atoms with Crippen LogP contribution in [0.2, 0.25) is 0 Å². The first-order valence-corrected chi connectivity index (χ1v) is 8.41. The largest absolute Gasteiger partial charge is 0.280 e. The lowest BCUT2D eigenvalue weighted by Gasteiger charge is -2.11.